The molecule has 24 heavy (non-hydrogen) atoms. The van der Waals surface area contributed by atoms with Gasteiger partial charge < -0.3 is 20.6 Å². The van der Waals surface area contributed by atoms with Gasteiger partial charge in [-0.1, -0.05) is 12.1 Å². The summed E-state index contributed by atoms with van der Waals surface area (Å²) in [5, 5.41) is 16.3. The van der Waals surface area contributed by atoms with Crippen molar-refractivity contribution in [2.24, 2.45) is 0 Å². The monoisotopic (exact) mass is 327 g/mol. The topological polar surface area (TPSA) is 73.3 Å². The maximum absolute atomic E-state index is 9.63. The van der Waals surface area contributed by atoms with E-state index in [1.54, 1.807) is 12.4 Å². The van der Waals surface area contributed by atoms with Gasteiger partial charge >= 0.3 is 0 Å². The summed E-state index contributed by atoms with van der Waals surface area (Å²) in [6, 6.07) is 10.0. The standard InChI is InChI=1S/C18H25N5O/c1-13(14-5-3-7-16(24)9-14)20-11-15-6-4-8-23(15)18-10-17(19-2)21-12-22-18/h3,5,7,9-10,12-13,15,20,24H,4,6,8,11H2,1-2H3,(H,19,21,22)/t13-,15+/m1/s1. The van der Waals surface area contributed by atoms with Crippen LogP contribution in [0.2, 0.25) is 0 Å². The molecule has 1 aromatic heterocycles. The zero-order valence-corrected chi connectivity index (χ0v) is 14.2. The van der Waals surface area contributed by atoms with Crippen molar-refractivity contribution in [3.8, 4) is 5.75 Å². The quantitative estimate of drug-likeness (QED) is 0.757. The van der Waals surface area contributed by atoms with Crippen molar-refractivity contribution < 1.29 is 5.11 Å². The van der Waals surface area contributed by atoms with Crippen LogP contribution in [0.1, 0.15) is 31.4 Å². The highest BCUT2D eigenvalue weighted by molar-refractivity contribution is 5.49. The van der Waals surface area contributed by atoms with E-state index in [2.05, 4.69) is 32.4 Å². The minimum Gasteiger partial charge on any atom is -0.508 e. The molecule has 128 valence electrons. The minimum absolute atomic E-state index is 0.192. The van der Waals surface area contributed by atoms with Gasteiger partial charge in [0.25, 0.3) is 0 Å². The summed E-state index contributed by atoms with van der Waals surface area (Å²) < 4.78 is 0. The van der Waals surface area contributed by atoms with Gasteiger partial charge in [0, 0.05) is 38.3 Å². The largest absolute Gasteiger partial charge is 0.508 e. The first-order valence-corrected chi connectivity index (χ1v) is 8.46. The van der Waals surface area contributed by atoms with Gasteiger partial charge in [0.05, 0.1) is 0 Å². The van der Waals surface area contributed by atoms with Gasteiger partial charge in [-0.2, -0.15) is 0 Å². The van der Waals surface area contributed by atoms with Gasteiger partial charge in [-0.05, 0) is 37.5 Å². The molecule has 1 aromatic carbocycles. The number of rotatable bonds is 6. The predicted molar refractivity (Wildman–Crippen MR) is 96.5 cm³/mol. The Kier molecular flexibility index (Phi) is 5.15. The summed E-state index contributed by atoms with van der Waals surface area (Å²) in [5.41, 5.74) is 1.10. The molecule has 2 heterocycles. The maximum atomic E-state index is 9.63. The van der Waals surface area contributed by atoms with E-state index in [0.717, 1.165) is 36.7 Å². The predicted octanol–water partition coefficient (Wildman–Crippen LogP) is 2.54. The lowest BCUT2D eigenvalue weighted by Gasteiger charge is -2.27. The zero-order valence-electron chi connectivity index (χ0n) is 14.2. The number of benzene rings is 1. The van der Waals surface area contributed by atoms with Crippen LogP contribution in [0.3, 0.4) is 0 Å². The van der Waals surface area contributed by atoms with Crippen molar-refractivity contribution in [2.45, 2.75) is 31.8 Å². The van der Waals surface area contributed by atoms with E-state index >= 15 is 0 Å². The first-order chi connectivity index (χ1) is 11.7. The number of nitrogens with zero attached hydrogens (tertiary/aromatic N) is 3. The third kappa shape index (κ3) is 3.76. The highest BCUT2D eigenvalue weighted by Gasteiger charge is 2.26. The molecule has 0 amide bonds. The van der Waals surface area contributed by atoms with E-state index in [4.69, 9.17) is 0 Å². The Morgan fingerprint density at radius 2 is 2.21 bits per heavy atom. The van der Waals surface area contributed by atoms with E-state index in [0.29, 0.717) is 11.8 Å². The lowest BCUT2D eigenvalue weighted by Crippen LogP contribution is -2.39. The summed E-state index contributed by atoms with van der Waals surface area (Å²) in [4.78, 5) is 11.0. The first kappa shape index (κ1) is 16.5. The van der Waals surface area contributed by atoms with Crippen LogP contribution in [0.5, 0.6) is 5.75 Å². The van der Waals surface area contributed by atoms with E-state index in [-0.39, 0.29) is 6.04 Å². The van der Waals surface area contributed by atoms with Crippen LogP contribution >= 0.6 is 0 Å². The average molecular weight is 327 g/mol. The Morgan fingerprint density at radius 1 is 1.33 bits per heavy atom. The molecular formula is C18H25N5O. The van der Waals surface area contributed by atoms with Crippen molar-refractivity contribution in [3.63, 3.8) is 0 Å². The summed E-state index contributed by atoms with van der Waals surface area (Å²) in [7, 11) is 1.87. The smallest absolute Gasteiger partial charge is 0.134 e. The van der Waals surface area contributed by atoms with E-state index in [1.165, 1.54) is 6.42 Å². The number of nitrogens with one attached hydrogen (secondary N) is 2. The number of hydrogen-bond acceptors (Lipinski definition) is 6. The van der Waals surface area contributed by atoms with Crippen molar-refractivity contribution in [3.05, 3.63) is 42.2 Å². The summed E-state index contributed by atoms with van der Waals surface area (Å²) >= 11 is 0. The third-order valence-corrected chi connectivity index (χ3v) is 4.61. The highest BCUT2D eigenvalue weighted by Crippen LogP contribution is 2.25. The van der Waals surface area contributed by atoms with Crippen LogP contribution in [0.15, 0.2) is 36.7 Å². The summed E-state index contributed by atoms with van der Waals surface area (Å²) in [6.45, 7) is 4.03. The molecule has 0 saturated carbocycles. The van der Waals surface area contributed by atoms with Crippen LogP contribution in [0, 0.1) is 0 Å². The molecule has 0 bridgehead atoms. The summed E-state index contributed by atoms with van der Waals surface area (Å²) in [5.74, 6) is 2.12. The van der Waals surface area contributed by atoms with Crippen molar-refractivity contribution in [1.29, 1.82) is 0 Å². The SMILES string of the molecule is CNc1cc(N2CCC[C@H]2CN[C@H](C)c2cccc(O)c2)ncn1. The molecule has 1 saturated heterocycles. The molecule has 6 heteroatoms. The minimum atomic E-state index is 0.192. The van der Waals surface area contributed by atoms with Gasteiger partial charge in [-0.25, -0.2) is 9.97 Å². The molecule has 0 spiro atoms. The van der Waals surface area contributed by atoms with Crippen LogP contribution in [-0.2, 0) is 0 Å². The van der Waals surface area contributed by atoms with Gasteiger partial charge in [-0.15, -0.1) is 0 Å². The Bertz CT molecular complexity index is 678. The highest BCUT2D eigenvalue weighted by atomic mass is 16.3. The number of aromatic nitrogens is 2. The molecule has 6 nitrogen and oxygen atoms in total. The van der Waals surface area contributed by atoms with Gasteiger partial charge in [0.1, 0.15) is 23.7 Å². The van der Waals surface area contributed by atoms with E-state index in [9.17, 15) is 5.11 Å². The van der Waals surface area contributed by atoms with Crippen LogP contribution in [-0.4, -0.2) is 41.3 Å². The van der Waals surface area contributed by atoms with Gasteiger partial charge in [-0.3, -0.25) is 0 Å². The van der Waals surface area contributed by atoms with Gasteiger partial charge in [0.2, 0.25) is 0 Å². The number of anilines is 2. The number of phenols is 1. The molecule has 0 unspecified atom stereocenters. The Morgan fingerprint density at radius 3 is 3.00 bits per heavy atom. The maximum Gasteiger partial charge on any atom is 0.134 e. The van der Waals surface area contributed by atoms with Crippen molar-refractivity contribution >= 4 is 11.6 Å². The molecule has 0 aliphatic carbocycles. The zero-order chi connectivity index (χ0) is 16.9. The van der Waals surface area contributed by atoms with Crippen LogP contribution in [0.25, 0.3) is 0 Å². The van der Waals surface area contributed by atoms with Crippen LogP contribution in [0.4, 0.5) is 11.6 Å². The Hall–Kier alpha value is -2.34. The number of phenolic OH excluding ortho intramolecular Hbond substituents is 1. The first-order valence-electron chi connectivity index (χ1n) is 8.46. The summed E-state index contributed by atoms with van der Waals surface area (Å²) in [6.07, 6.45) is 3.93. The molecule has 1 fully saturated rings. The fourth-order valence-corrected chi connectivity index (χ4v) is 3.22. The molecule has 2 aromatic rings. The second-order valence-electron chi connectivity index (χ2n) is 6.23. The fraction of sp³-hybridized carbons (Fsp3) is 0.444. The number of hydrogen-bond donors (Lipinski definition) is 3. The third-order valence-electron chi connectivity index (χ3n) is 4.61. The molecule has 2 atom stereocenters. The molecule has 3 N–H and O–H groups in total. The molecule has 0 radical (unpaired) electrons. The molecule has 1 aliphatic rings. The second kappa shape index (κ2) is 7.49. The molecule has 1 aliphatic heterocycles. The lowest BCUT2D eigenvalue weighted by atomic mass is 10.1. The fourth-order valence-electron chi connectivity index (χ4n) is 3.22. The number of aromatic hydroxyl groups is 1. The van der Waals surface area contributed by atoms with Crippen molar-refractivity contribution in [2.75, 3.05) is 30.4 Å². The van der Waals surface area contributed by atoms with E-state index in [1.807, 2.05) is 31.3 Å². The van der Waals surface area contributed by atoms with Crippen molar-refractivity contribution in [1.82, 2.24) is 15.3 Å². The van der Waals surface area contributed by atoms with Gasteiger partial charge in [0.15, 0.2) is 0 Å². The Balaban J connectivity index is 1.63. The molecular weight excluding hydrogens is 302 g/mol. The second-order valence-corrected chi connectivity index (χ2v) is 6.23. The average Bonchev–Trinajstić information content (AvgIpc) is 3.08. The normalized spacial score (nSPS) is 18.6. The Labute approximate surface area is 142 Å². The lowest BCUT2D eigenvalue weighted by molar-refractivity contribution is 0.470. The van der Waals surface area contributed by atoms with Crippen LogP contribution < -0.4 is 15.5 Å². The molecule has 3 rings (SSSR count). The van der Waals surface area contributed by atoms with E-state index < -0.39 is 0 Å².